The van der Waals surface area contributed by atoms with E-state index in [9.17, 15) is 17.6 Å². The van der Waals surface area contributed by atoms with E-state index in [1.54, 1.807) is 56.4 Å². The van der Waals surface area contributed by atoms with Crippen molar-refractivity contribution < 1.29 is 27.0 Å². The van der Waals surface area contributed by atoms with Crippen molar-refractivity contribution in [3.05, 3.63) is 70.5 Å². The minimum Gasteiger partial charge on any atom is -0.497 e. The standard InChI is InChI=1S/C26H28FN3O6S/c1-6-36-25-24(35-4)12-10-20(28-25)23(15-37(5,32)33)30-21-11-7-16(13-22(21)29(2)26(30)31)18-9-8-17(34-3)14-19(18)27/h7-14,23H,6,15H2,1-5H3. The Morgan fingerprint density at radius 2 is 1.78 bits per heavy atom. The molecule has 2 heterocycles. The fourth-order valence-corrected chi connectivity index (χ4v) is 5.18. The number of methoxy groups -OCH3 is 2. The van der Waals surface area contributed by atoms with Crippen LogP contribution in [0.4, 0.5) is 4.39 Å². The van der Waals surface area contributed by atoms with Crippen LogP contribution in [0, 0.1) is 5.82 Å². The lowest BCUT2D eigenvalue weighted by atomic mass is 10.0. The Bertz CT molecular complexity index is 1630. The third kappa shape index (κ3) is 5.17. The molecule has 196 valence electrons. The maximum atomic E-state index is 14.8. The van der Waals surface area contributed by atoms with Crippen LogP contribution in [0.1, 0.15) is 18.7 Å². The Balaban J connectivity index is 1.91. The summed E-state index contributed by atoms with van der Waals surface area (Å²) in [7, 11) is 0.978. The summed E-state index contributed by atoms with van der Waals surface area (Å²) < 4.78 is 58.4. The summed E-state index contributed by atoms with van der Waals surface area (Å²) in [6.07, 6.45) is 1.10. The minimum absolute atomic E-state index is 0.201. The average molecular weight is 530 g/mol. The van der Waals surface area contributed by atoms with E-state index in [-0.39, 0.29) is 11.6 Å². The highest BCUT2D eigenvalue weighted by Gasteiger charge is 2.27. The molecule has 2 aromatic carbocycles. The fraction of sp³-hybridized carbons (Fsp3) is 0.308. The van der Waals surface area contributed by atoms with Crippen molar-refractivity contribution in [1.82, 2.24) is 14.1 Å². The Morgan fingerprint density at radius 3 is 2.41 bits per heavy atom. The van der Waals surface area contributed by atoms with E-state index in [1.807, 2.05) is 0 Å². The number of ether oxygens (including phenoxy) is 3. The van der Waals surface area contributed by atoms with E-state index >= 15 is 0 Å². The van der Waals surface area contributed by atoms with E-state index < -0.39 is 27.4 Å². The van der Waals surface area contributed by atoms with Gasteiger partial charge in [-0.1, -0.05) is 6.07 Å². The second kappa shape index (κ2) is 10.3. The van der Waals surface area contributed by atoms with Gasteiger partial charge in [0.25, 0.3) is 5.88 Å². The van der Waals surface area contributed by atoms with Crippen molar-refractivity contribution in [1.29, 1.82) is 0 Å². The molecule has 1 atom stereocenters. The first-order valence-electron chi connectivity index (χ1n) is 11.5. The number of halogens is 1. The summed E-state index contributed by atoms with van der Waals surface area (Å²) in [5, 5.41) is 0. The second-order valence-electron chi connectivity index (χ2n) is 8.55. The summed E-state index contributed by atoms with van der Waals surface area (Å²) in [5.74, 6) is 0.143. The topological polar surface area (TPSA) is 102 Å². The van der Waals surface area contributed by atoms with Gasteiger partial charge in [0.2, 0.25) is 0 Å². The lowest BCUT2D eigenvalue weighted by Gasteiger charge is -2.19. The molecule has 0 bridgehead atoms. The molecule has 0 aliphatic heterocycles. The third-order valence-corrected chi connectivity index (χ3v) is 6.96. The van der Waals surface area contributed by atoms with Crippen LogP contribution in [0.15, 0.2) is 53.3 Å². The normalized spacial score (nSPS) is 12.5. The number of sulfone groups is 1. The van der Waals surface area contributed by atoms with Crippen molar-refractivity contribution in [3.8, 4) is 28.5 Å². The fourth-order valence-electron chi connectivity index (χ4n) is 4.29. The molecule has 1 unspecified atom stereocenters. The number of pyridine rings is 1. The molecule has 0 fully saturated rings. The Hall–Kier alpha value is -3.86. The summed E-state index contributed by atoms with van der Waals surface area (Å²) in [4.78, 5) is 18.0. The number of imidazole rings is 1. The molecule has 0 N–H and O–H groups in total. The molecule has 4 rings (SSSR count). The molecule has 0 saturated heterocycles. The number of hydrogen-bond donors (Lipinski definition) is 0. The van der Waals surface area contributed by atoms with Gasteiger partial charge in [-0.3, -0.25) is 9.13 Å². The van der Waals surface area contributed by atoms with Crippen LogP contribution in [0.2, 0.25) is 0 Å². The maximum absolute atomic E-state index is 14.8. The quantitative estimate of drug-likeness (QED) is 0.327. The molecule has 11 heteroatoms. The molecular formula is C26H28FN3O6S. The van der Waals surface area contributed by atoms with Gasteiger partial charge in [0.1, 0.15) is 21.4 Å². The monoisotopic (exact) mass is 529 g/mol. The second-order valence-corrected chi connectivity index (χ2v) is 10.7. The number of aryl methyl sites for hydroxylation is 1. The van der Waals surface area contributed by atoms with Crippen LogP contribution < -0.4 is 19.9 Å². The average Bonchev–Trinajstić information content (AvgIpc) is 3.11. The Morgan fingerprint density at radius 1 is 1.03 bits per heavy atom. The highest BCUT2D eigenvalue weighted by molar-refractivity contribution is 7.90. The first-order chi connectivity index (χ1) is 17.6. The summed E-state index contributed by atoms with van der Waals surface area (Å²) in [6.45, 7) is 2.11. The first-order valence-corrected chi connectivity index (χ1v) is 13.5. The van der Waals surface area contributed by atoms with Crippen molar-refractivity contribution in [2.24, 2.45) is 7.05 Å². The zero-order chi connectivity index (χ0) is 26.9. The molecule has 2 aromatic heterocycles. The smallest absolute Gasteiger partial charge is 0.329 e. The van der Waals surface area contributed by atoms with Crippen LogP contribution in [0.25, 0.3) is 22.2 Å². The molecular weight excluding hydrogens is 501 g/mol. The Kier molecular flexibility index (Phi) is 7.26. The number of aromatic nitrogens is 3. The van der Waals surface area contributed by atoms with Gasteiger partial charge in [-0.05, 0) is 48.9 Å². The van der Waals surface area contributed by atoms with Crippen LogP contribution in [-0.2, 0) is 16.9 Å². The zero-order valence-corrected chi connectivity index (χ0v) is 22.0. The van der Waals surface area contributed by atoms with Crippen molar-refractivity contribution in [3.63, 3.8) is 0 Å². The predicted molar refractivity (Wildman–Crippen MR) is 139 cm³/mol. The van der Waals surface area contributed by atoms with E-state index in [0.717, 1.165) is 6.26 Å². The maximum Gasteiger partial charge on any atom is 0.329 e. The Labute approximate surface area is 214 Å². The largest absolute Gasteiger partial charge is 0.497 e. The van der Waals surface area contributed by atoms with Crippen LogP contribution in [0.3, 0.4) is 0 Å². The van der Waals surface area contributed by atoms with Crippen LogP contribution in [-0.4, -0.2) is 55.4 Å². The lowest BCUT2D eigenvalue weighted by Crippen LogP contribution is -2.31. The van der Waals surface area contributed by atoms with Gasteiger partial charge in [0, 0.05) is 24.9 Å². The molecule has 0 spiro atoms. The molecule has 0 saturated carbocycles. The summed E-state index contributed by atoms with van der Waals surface area (Å²) in [5.41, 5.74) is 1.78. The van der Waals surface area contributed by atoms with Gasteiger partial charge >= 0.3 is 5.69 Å². The molecule has 0 aliphatic rings. The van der Waals surface area contributed by atoms with E-state index in [1.165, 1.54) is 29.4 Å². The number of fused-ring (bicyclic) bond motifs is 1. The SMILES string of the molecule is CCOc1nc(C(CS(C)(=O)=O)n2c(=O)n(C)c3cc(-c4ccc(OC)cc4F)ccc32)ccc1OC. The van der Waals surface area contributed by atoms with E-state index in [0.29, 0.717) is 46.0 Å². The molecule has 37 heavy (non-hydrogen) atoms. The van der Waals surface area contributed by atoms with E-state index in [4.69, 9.17) is 14.2 Å². The number of benzene rings is 2. The number of hydrogen-bond acceptors (Lipinski definition) is 7. The van der Waals surface area contributed by atoms with Crippen molar-refractivity contribution >= 4 is 20.9 Å². The van der Waals surface area contributed by atoms with Gasteiger partial charge in [-0.15, -0.1) is 0 Å². The van der Waals surface area contributed by atoms with Crippen molar-refractivity contribution in [2.45, 2.75) is 13.0 Å². The molecule has 4 aromatic rings. The number of rotatable bonds is 9. The summed E-state index contributed by atoms with van der Waals surface area (Å²) >= 11 is 0. The molecule has 0 radical (unpaired) electrons. The minimum atomic E-state index is -3.54. The van der Waals surface area contributed by atoms with Gasteiger partial charge < -0.3 is 14.2 Å². The zero-order valence-electron chi connectivity index (χ0n) is 21.2. The van der Waals surface area contributed by atoms with Crippen LogP contribution >= 0.6 is 0 Å². The van der Waals surface area contributed by atoms with Gasteiger partial charge in [0.15, 0.2) is 5.75 Å². The van der Waals surface area contributed by atoms with Crippen LogP contribution in [0.5, 0.6) is 17.4 Å². The third-order valence-electron chi connectivity index (χ3n) is 6.04. The first kappa shape index (κ1) is 26.2. The van der Waals surface area contributed by atoms with Gasteiger partial charge in [0.05, 0.1) is 49.3 Å². The predicted octanol–water partition coefficient (Wildman–Crippen LogP) is 3.59. The number of nitrogens with zero attached hydrogens (tertiary/aromatic N) is 3. The highest BCUT2D eigenvalue weighted by atomic mass is 32.2. The van der Waals surface area contributed by atoms with Crippen molar-refractivity contribution in [2.75, 3.05) is 32.8 Å². The molecule has 0 aliphatic carbocycles. The lowest BCUT2D eigenvalue weighted by molar-refractivity contribution is 0.296. The van der Waals surface area contributed by atoms with Gasteiger partial charge in [-0.2, -0.15) is 0 Å². The van der Waals surface area contributed by atoms with Gasteiger partial charge in [-0.25, -0.2) is 22.6 Å². The van der Waals surface area contributed by atoms with E-state index in [2.05, 4.69) is 4.98 Å². The highest BCUT2D eigenvalue weighted by Crippen LogP contribution is 2.32. The molecule has 0 amide bonds. The summed E-state index contributed by atoms with van der Waals surface area (Å²) in [6, 6.07) is 11.9. The molecule has 9 nitrogen and oxygen atoms in total.